The fourth-order valence-corrected chi connectivity index (χ4v) is 2.67. The highest BCUT2D eigenvalue weighted by Gasteiger charge is 2.25. The quantitative estimate of drug-likeness (QED) is 0.912. The normalized spacial score (nSPS) is 14.2. The smallest absolute Gasteiger partial charge is 0.293 e. The molecule has 0 unspecified atom stereocenters. The van der Waals surface area contributed by atoms with Gasteiger partial charge in [-0.3, -0.25) is 4.79 Å². The molecule has 20 heavy (non-hydrogen) atoms. The number of carbonyl (C=O) groups excluding carboxylic acids is 1. The second-order valence-corrected chi connectivity index (χ2v) is 5.16. The van der Waals surface area contributed by atoms with Crippen molar-refractivity contribution in [3.8, 4) is 0 Å². The van der Waals surface area contributed by atoms with Crippen molar-refractivity contribution >= 4 is 11.6 Å². The third kappa shape index (κ3) is 2.23. The molecular weight excluding hydrogens is 252 g/mol. The van der Waals surface area contributed by atoms with Crippen LogP contribution in [0.4, 0.5) is 5.69 Å². The Kier molecular flexibility index (Phi) is 3.32. The summed E-state index contributed by atoms with van der Waals surface area (Å²) in [7, 11) is 0. The molecule has 3 rings (SSSR count). The molecule has 0 bridgehead atoms. The van der Waals surface area contributed by atoms with Crippen molar-refractivity contribution in [3.05, 3.63) is 53.0 Å². The van der Waals surface area contributed by atoms with Gasteiger partial charge >= 0.3 is 0 Å². The van der Waals surface area contributed by atoms with Crippen LogP contribution < -0.4 is 10.6 Å². The van der Waals surface area contributed by atoms with Gasteiger partial charge in [-0.1, -0.05) is 17.7 Å². The zero-order chi connectivity index (χ0) is 14.1. The van der Waals surface area contributed by atoms with E-state index in [0.717, 1.165) is 25.1 Å². The largest absolute Gasteiger partial charge is 0.455 e. The molecule has 1 aromatic heterocycles. The Morgan fingerprint density at radius 1 is 1.35 bits per heavy atom. The van der Waals surface area contributed by atoms with E-state index >= 15 is 0 Å². The van der Waals surface area contributed by atoms with Crippen LogP contribution in [0, 0.1) is 6.92 Å². The molecule has 0 fully saturated rings. The summed E-state index contributed by atoms with van der Waals surface area (Å²) in [5, 5.41) is 0. The number of furan rings is 1. The highest BCUT2D eigenvalue weighted by atomic mass is 16.4. The molecule has 2 N–H and O–H groups in total. The summed E-state index contributed by atoms with van der Waals surface area (Å²) < 4.78 is 5.47. The van der Waals surface area contributed by atoms with Gasteiger partial charge in [0.25, 0.3) is 5.91 Å². The van der Waals surface area contributed by atoms with E-state index in [2.05, 4.69) is 13.0 Å². The zero-order valence-electron chi connectivity index (χ0n) is 11.6. The molecule has 1 amide bonds. The van der Waals surface area contributed by atoms with Crippen molar-refractivity contribution in [2.24, 2.45) is 5.73 Å². The van der Waals surface area contributed by atoms with Gasteiger partial charge in [-0.2, -0.15) is 0 Å². The van der Waals surface area contributed by atoms with Gasteiger partial charge in [0.1, 0.15) is 5.76 Å². The predicted molar refractivity (Wildman–Crippen MR) is 77.8 cm³/mol. The SMILES string of the molecule is Cc1ccc2c(c1)CCCN2C(=O)c1ccc(CN)o1. The number of benzene rings is 1. The Labute approximate surface area is 118 Å². The van der Waals surface area contributed by atoms with Crippen LogP contribution in [0.5, 0.6) is 0 Å². The third-order valence-corrected chi connectivity index (χ3v) is 3.67. The summed E-state index contributed by atoms with van der Waals surface area (Å²) in [6.45, 7) is 3.11. The van der Waals surface area contributed by atoms with Gasteiger partial charge in [0, 0.05) is 12.2 Å². The average molecular weight is 270 g/mol. The van der Waals surface area contributed by atoms with Crippen LogP contribution in [0.1, 0.15) is 33.9 Å². The third-order valence-electron chi connectivity index (χ3n) is 3.67. The van der Waals surface area contributed by atoms with Gasteiger partial charge in [0.2, 0.25) is 0 Å². The second-order valence-electron chi connectivity index (χ2n) is 5.16. The summed E-state index contributed by atoms with van der Waals surface area (Å²) >= 11 is 0. The summed E-state index contributed by atoms with van der Waals surface area (Å²) in [6.07, 6.45) is 2.00. The molecule has 4 nitrogen and oxygen atoms in total. The summed E-state index contributed by atoms with van der Waals surface area (Å²) in [5.41, 5.74) is 8.97. The van der Waals surface area contributed by atoms with E-state index in [-0.39, 0.29) is 5.91 Å². The first kappa shape index (κ1) is 12.9. The molecule has 0 aliphatic carbocycles. The van der Waals surface area contributed by atoms with Crippen molar-refractivity contribution in [2.75, 3.05) is 11.4 Å². The molecule has 1 aromatic carbocycles. The molecule has 104 valence electrons. The number of hydrogen-bond acceptors (Lipinski definition) is 3. The summed E-state index contributed by atoms with van der Waals surface area (Å²) in [5.74, 6) is 0.905. The lowest BCUT2D eigenvalue weighted by atomic mass is 9.99. The first-order valence-corrected chi connectivity index (χ1v) is 6.89. The van der Waals surface area contributed by atoms with E-state index < -0.39 is 0 Å². The Morgan fingerprint density at radius 3 is 2.95 bits per heavy atom. The maximum atomic E-state index is 12.6. The summed E-state index contributed by atoms with van der Waals surface area (Å²) in [4.78, 5) is 14.4. The lowest BCUT2D eigenvalue weighted by molar-refractivity contribution is 0.0956. The number of hydrogen-bond donors (Lipinski definition) is 1. The van der Waals surface area contributed by atoms with Crippen molar-refractivity contribution in [3.63, 3.8) is 0 Å². The maximum Gasteiger partial charge on any atom is 0.293 e. The molecule has 2 aromatic rings. The van der Waals surface area contributed by atoms with Gasteiger partial charge in [-0.25, -0.2) is 0 Å². The minimum Gasteiger partial charge on any atom is -0.455 e. The van der Waals surface area contributed by atoms with Gasteiger partial charge in [0.15, 0.2) is 5.76 Å². The molecule has 0 atom stereocenters. The van der Waals surface area contributed by atoms with Gasteiger partial charge < -0.3 is 15.1 Å². The second kappa shape index (κ2) is 5.13. The average Bonchev–Trinajstić information content (AvgIpc) is 2.94. The number of nitrogens with zero attached hydrogens (tertiary/aromatic N) is 1. The predicted octanol–water partition coefficient (Wildman–Crippen LogP) is 2.64. The molecule has 4 heteroatoms. The molecule has 0 radical (unpaired) electrons. The van der Waals surface area contributed by atoms with E-state index in [1.54, 1.807) is 17.0 Å². The monoisotopic (exact) mass is 270 g/mol. The molecule has 1 aliphatic rings. The van der Waals surface area contributed by atoms with Crippen LogP contribution in [-0.2, 0) is 13.0 Å². The Morgan fingerprint density at radius 2 is 2.20 bits per heavy atom. The van der Waals surface area contributed by atoms with Gasteiger partial charge in [0.05, 0.1) is 6.54 Å². The molecule has 2 heterocycles. The maximum absolute atomic E-state index is 12.6. The standard InChI is InChI=1S/C16H18N2O2/c1-11-4-6-14-12(9-11)3-2-8-18(14)16(19)15-7-5-13(10-17)20-15/h4-7,9H,2-3,8,10,17H2,1H3. The fraction of sp³-hybridized carbons (Fsp3) is 0.312. The van der Waals surface area contributed by atoms with Crippen LogP contribution in [-0.4, -0.2) is 12.5 Å². The highest BCUT2D eigenvalue weighted by molar-refractivity contribution is 6.05. The summed E-state index contributed by atoms with van der Waals surface area (Å²) in [6, 6.07) is 9.68. The number of nitrogens with two attached hydrogens (primary N) is 1. The van der Waals surface area contributed by atoms with E-state index in [1.165, 1.54) is 11.1 Å². The van der Waals surface area contributed by atoms with Crippen molar-refractivity contribution in [2.45, 2.75) is 26.3 Å². The van der Waals surface area contributed by atoms with Crippen molar-refractivity contribution in [1.29, 1.82) is 0 Å². The Hall–Kier alpha value is -2.07. The van der Waals surface area contributed by atoms with Crippen LogP contribution in [0.2, 0.25) is 0 Å². The van der Waals surface area contributed by atoms with Crippen molar-refractivity contribution < 1.29 is 9.21 Å². The Balaban J connectivity index is 1.93. The lowest BCUT2D eigenvalue weighted by Gasteiger charge is -2.29. The molecule has 0 saturated heterocycles. The van der Waals surface area contributed by atoms with Crippen molar-refractivity contribution in [1.82, 2.24) is 0 Å². The zero-order valence-corrected chi connectivity index (χ0v) is 11.6. The highest BCUT2D eigenvalue weighted by Crippen LogP contribution is 2.29. The number of anilines is 1. The molecule has 1 aliphatic heterocycles. The molecule has 0 spiro atoms. The lowest BCUT2D eigenvalue weighted by Crippen LogP contribution is -2.35. The fourth-order valence-electron chi connectivity index (χ4n) is 2.67. The molecule has 0 saturated carbocycles. The van der Waals surface area contributed by atoms with Gasteiger partial charge in [-0.05, 0) is 43.5 Å². The van der Waals surface area contributed by atoms with E-state index in [0.29, 0.717) is 18.1 Å². The molecular formula is C16H18N2O2. The van der Waals surface area contributed by atoms with E-state index in [4.69, 9.17) is 10.2 Å². The number of fused-ring (bicyclic) bond motifs is 1. The van der Waals surface area contributed by atoms with Gasteiger partial charge in [-0.15, -0.1) is 0 Å². The minimum absolute atomic E-state index is 0.0884. The van der Waals surface area contributed by atoms with Crippen LogP contribution in [0.3, 0.4) is 0 Å². The first-order chi connectivity index (χ1) is 9.69. The Bertz CT molecular complexity index is 646. The van der Waals surface area contributed by atoms with E-state index in [9.17, 15) is 4.79 Å². The van der Waals surface area contributed by atoms with Crippen LogP contribution >= 0.6 is 0 Å². The first-order valence-electron chi connectivity index (χ1n) is 6.89. The topological polar surface area (TPSA) is 59.5 Å². The van der Waals surface area contributed by atoms with E-state index in [1.807, 2.05) is 12.1 Å². The number of amides is 1. The van der Waals surface area contributed by atoms with Crippen LogP contribution in [0.25, 0.3) is 0 Å². The number of carbonyl (C=O) groups is 1. The van der Waals surface area contributed by atoms with Crippen LogP contribution in [0.15, 0.2) is 34.7 Å². The number of aryl methyl sites for hydroxylation is 2. The number of rotatable bonds is 2. The minimum atomic E-state index is -0.0884.